The minimum absolute atomic E-state index is 0.00676. The highest BCUT2D eigenvalue weighted by molar-refractivity contribution is 7.96. The Morgan fingerprint density at radius 3 is 2.33 bits per heavy atom. The first-order valence-electron chi connectivity index (χ1n) is 9.25. The molecule has 0 bridgehead atoms. The number of β-lactam (4-membered cyclic amide) rings is 1. The molecule has 2 atom stereocenters. The van der Waals surface area contributed by atoms with Crippen molar-refractivity contribution in [3.05, 3.63) is 22.3 Å². The fourth-order valence-corrected chi connectivity index (χ4v) is 6.18. The average molecular weight is 397 g/mol. The third kappa shape index (κ3) is 3.33. The molecule has 7 nitrogen and oxygen atoms in total. The second-order valence-corrected chi connectivity index (χ2v) is 10.4. The summed E-state index contributed by atoms with van der Waals surface area (Å²) >= 11 is 0. The first-order chi connectivity index (χ1) is 12.5. The molecular formula is C19H27NO6S. The Morgan fingerprint density at radius 1 is 1.22 bits per heavy atom. The molecule has 1 saturated carbocycles. The van der Waals surface area contributed by atoms with Gasteiger partial charge in [0.25, 0.3) is 5.91 Å². The molecule has 8 heteroatoms. The van der Waals surface area contributed by atoms with Gasteiger partial charge in [-0.25, -0.2) is 13.2 Å². The van der Waals surface area contributed by atoms with Crippen molar-refractivity contribution in [3.63, 3.8) is 0 Å². The van der Waals surface area contributed by atoms with E-state index in [1.54, 1.807) is 33.8 Å². The highest BCUT2D eigenvalue weighted by atomic mass is 32.2. The van der Waals surface area contributed by atoms with Crippen molar-refractivity contribution in [1.29, 1.82) is 0 Å². The number of ether oxygens (including phenoxy) is 2. The number of hydrogen-bond acceptors (Lipinski definition) is 6. The summed E-state index contributed by atoms with van der Waals surface area (Å²) in [5.74, 6) is -1.07. The number of sulfone groups is 1. The van der Waals surface area contributed by atoms with Gasteiger partial charge in [0.15, 0.2) is 11.5 Å². The van der Waals surface area contributed by atoms with Crippen LogP contribution in [0.1, 0.15) is 53.4 Å². The number of hydrogen-bond donors (Lipinski definition) is 0. The molecule has 1 saturated heterocycles. The topological polar surface area (TPSA) is 90.0 Å². The van der Waals surface area contributed by atoms with Crippen LogP contribution in [0.25, 0.3) is 0 Å². The van der Waals surface area contributed by atoms with Gasteiger partial charge < -0.3 is 9.47 Å². The van der Waals surface area contributed by atoms with Crippen LogP contribution < -0.4 is 0 Å². The summed E-state index contributed by atoms with van der Waals surface area (Å²) in [6, 6.07) is 0. The first kappa shape index (κ1) is 20.1. The van der Waals surface area contributed by atoms with E-state index in [-0.39, 0.29) is 22.1 Å². The van der Waals surface area contributed by atoms with Gasteiger partial charge in [0, 0.05) is 7.11 Å². The minimum Gasteiger partial charge on any atom is -0.455 e. The van der Waals surface area contributed by atoms with Crippen LogP contribution in [0, 0.1) is 5.92 Å². The van der Waals surface area contributed by atoms with Crippen LogP contribution in [0.3, 0.4) is 0 Å². The maximum atomic E-state index is 13.2. The number of rotatable bonds is 3. The number of fused-ring (bicyclic) bond motifs is 1. The predicted molar refractivity (Wildman–Crippen MR) is 98.9 cm³/mol. The van der Waals surface area contributed by atoms with Crippen LogP contribution in [0.5, 0.6) is 0 Å². The van der Waals surface area contributed by atoms with E-state index in [1.165, 1.54) is 7.11 Å². The Balaban J connectivity index is 2.13. The fourth-order valence-electron chi connectivity index (χ4n) is 3.97. The lowest BCUT2D eigenvalue weighted by Gasteiger charge is -2.49. The van der Waals surface area contributed by atoms with Gasteiger partial charge in [-0.2, -0.15) is 0 Å². The zero-order valence-electron chi connectivity index (χ0n) is 16.4. The molecule has 0 unspecified atom stereocenters. The number of carbonyl (C=O) groups excluding carboxylic acids is 2. The molecular weight excluding hydrogens is 370 g/mol. The highest BCUT2D eigenvalue weighted by Crippen LogP contribution is 2.44. The molecule has 0 spiro atoms. The van der Waals surface area contributed by atoms with E-state index in [1.807, 2.05) is 0 Å². The highest BCUT2D eigenvalue weighted by Gasteiger charge is 2.62. The molecule has 1 aliphatic carbocycles. The van der Waals surface area contributed by atoms with E-state index in [4.69, 9.17) is 9.47 Å². The summed E-state index contributed by atoms with van der Waals surface area (Å²) in [5.41, 5.74) is -0.484. The van der Waals surface area contributed by atoms with Gasteiger partial charge in [0.1, 0.15) is 11.3 Å². The molecule has 2 heterocycles. The molecule has 0 N–H and O–H groups in total. The number of carbonyl (C=O) groups is 2. The van der Waals surface area contributed by atoms with Gasteiger partial charge in [0.05, 0.1) is 4.91 Å². The Bertz CT molecular complexity index is 827. The van der Waals surface area contributed by atoms with Crippen molar-refractivity contribution in [1.82, 2.24) is 4.90 Å². The van der Waals surface area contributed by atoms with Gasteiger partial charge in [0.2, 0.25) is 9.84 Å². The summed E-state index contributed by atoms with van der Waals surface area (Å²) < 4.78 is 37.0. The number of nitrogens with zero attached hydrogens (tertiary/aromatic N) is 1. The van der Waals surface area contributed by atoms with E-state index in [0.29, 0.717) is 0 Å². The Morgan fingerprint density at radius 2 is 1.81 bits per heavy atom. The van der Waals surface area contributed by atoms with Gasteiger partial charge in [-0.05, 0) is 52.0 Å². The second-order valence-electron chi connectivity index (χ2n) is 8.35. The standard InChI is InChI=1S/C19H27NO6S/c1-11-13(10-12-8-6-7-9-12)27(23,24)17-15(25-5)16(21)20(17)14(11)18(22)26-19(2,3)4/h10,12,15,17H,6-9H2,1-5H3/t15-,17-/m0/s1. The van der Waals surface area contributed by atoms with Crippen LogP contribution in [0.2, 0.25) is 0 Å². The molecule has 3 aliphatic rings. The second kappa shape index (κ2) is 6.74. The van der Waals surface area contributed by atoms with Crippen molar-refractivity contribution in [2.24, 2.45) is 5.92 Å². The normalized spacial score (nSPS) is 29.7. The van der Waals surface area contributed by atoms with E-state index < -0.39 is 38.8 Å². The minimum atomic E-state index is -3.83. The molecule has 0 aromatic heterocycles. The summed E-state index contributed by atoms with van der Waals surface area (Å²) in [6.45, 7) is 6.75. The lowest BCUT2D eigenvalue weighted by molar-refractivity contribution is -0.167. The molecule has 0 radical (unpaired) electrons. The lowest BCUT2D eigenvalue weighted by atomic mass is 10.0. The van der Waals surface area contributed by atoms with Gasteiger partial charge in [-0.3, -0.25) is 9.69 Å². The zero-order chi connectivity index (χ0) is 20.1. The van der Waals surface area contributed by atoms with Crippen LogP contribution in [-0.4, -0.2) is 49.4 Å². The van der Waals surface area contributed by atoms with Gasteiger partial charge in [-0.1, -0.05) is 18.9 Å². The Labute approximate surface area is 160 Å². The smallest absolute Gasteiger partial charge is 0.355 e. The van der Waals surface area contributed by atoms with Crippen molar-refractivity contribution >= 4 is 21.7 Å². The lowest BCUT2D eigenvalue weighted by Crippen LogP contribution is -2.70. The number of methoxy groups -OCH3 is 1. The molecule has 2 fully saturated rings. The number of esters is 1. The van der Waals surface area contributed by atoms with Crippen LogP contribution in [0.15, 0.2) is 22.3 Å². The molecule has 2 aliphatic heterocycles. The average Bonchev–Trinajstić information content (AvgIpc) is 3.04. The van der Waals surface area contributed by atoms with E-state index in [2.05, 4.69) is 0 Å². The van der Waals surface area contributed by atoms with E-state index in [0.717, 1.165) is 30.6 Å². The molecule has 1 amide bonds. The SMILES string of the molecule is CO[C@H]1C(=O)N2C(C(=O)OC(C)(C)C)=C(C)C(=CC3CCCC3)S(=O)(=O)[C@@H]12. The van der Waals surface area contributed by atoms with Crippen LogP contribution in [-0.2, 0) is 28.9 Å². The summed E-state index contributed by atoms with van der Waals surface area (Å²) in [6.07, 6.45) is 4.63. The molecule has 150 valence electrons. The van der Waals surface area contributed by atoms with Crippen molar-refractivity contribution in [2.45, 2.75) is 70.5 Å². The van der Waals surface area contributed by atoms with E-state index in [9.17, 15) is 18.0 Å². The Kier molecular flexibility index (Phi) is 5.01. The van der Waals surface area contributed by atoms with Gasteiger partial charge >= 0.3 is 5.97 Å². The molecule has 3 rings (SSSR count). The summed E-state index contributed by atoms with van der Waals surface area (Å²) in [4.78, 5) is 26.4. The maximum absolute atomic E-state index is 13.2. The van der Waals surface area contributed by atoms with Crippen molar-refractivity contribution in [3.8, 4) is 0 Å². The number of amides is 1. The first-order valence-corrected chi connectivity index (χ1v) is 10.8. The third-order valence-corrected chi connectivity index (χ3v) is 7.37. The molecule has 0 aromatic rings. The van der Waals surface area contributed by atoms with Crippen LogP contribution in [0.4, 0.5) is 0 Å². The predicted octanol–water partition coefficient (Wildman–Crippen LogP) is 2.29. The maximum Gasteiger partial charge on any atom is 0.355 e. The monoisotopic (exact) mass is 397 g/mol. The summed E-state index contributed by atoms with van der Waals surface area (Å²) in [5, 5.41) is -1.21. The number of allylic oxidation sites excluding steroid dienone is 2. The molecule has 27 heavy (non-hydrogen) atoms. The summed E-state index contributed by atoms with van der Waals surface area (Å²) in [7, 11) is -2.53. The fraction of sp³-hybridized carbons (Fsp3) is 0.684. The quantitative estimate of drug-likeness (QED) is 0.536. The molecule has 0 aromatic carbocycles. The van der Waals surface area contributed by atoms with Crippen molar-refractivity contribution in [2.75, 3.05) is 7.11 Å². The van der Waals surface area contributed by atoms with Gasteiger partial charge in [-0.15, -0.1) is 0 Å². The Hall–Kier alpha value is -1.67. The largest absolute Gasteiger partial charge is 0.455 e. The van der Waals surface area contributed by atoms with Crippen LogP contribution >= 0.6 is 0 Å². The third-order valence-electron chi connectivity index (χ3n) is 5.22. The van der Waals surface area contributed by atoms with Crippen molar-refractivity contribution < 1.29 is 27.5 Å². The van der Waals surface area contributed by atoms with E-state index >= 15 is 0 Å². The zero-order valence-corrected chi connectivity index (χ0v) is 17.3.